The summed E-state index contributed by atoms with van der Waals surface area (Å²) in [4.78, 5) is 2.46. The zero-order valence-electron chi connectivity index (χ0n) is 12.0. The molecule has 0 spiro atoms. The Labute approximate surface area is 107 Å². The molecule has 1 rings (SSSR count). The minimum absolute atomic E-state index is 0.294. The van der Waals surface area contributed by atoms with Gasteiger partial charge in [0.15, 0.2) is 0 Å². The fourth-order valence-corrected chi connectivity index (χ4v) is 2.33. The number of likely N-dealkylation sites (N-methyl/N-ethyl adjacent to an activating group) is 1. The Balaban J connectivity index is 2.11. The van der Waals surface area contributed by atoms with Gasteiger partial charge in [0.25, 0.3) is 0 Å². The van der Waals surface area contributed by atoms with E-state index in [9.17, 15) is 5.11 Å². The largest absolute Gasteiger partial charge is 0.389 e. The zero-order chi connectivity index (χ0) is 12.9. The Morgan fingerprint density at radius 1 is 1.35 bits per heavy atom. The summed E-state index contributed by atoms with van der Waals surface area (Å²) in [6.45, 7) is 8.77. The van der Waals surface area contributed by atoms with Crippen LogP contribution in [0.25, 0.3) is 0 Å². The molecule has 0 aromatic heterocycles. The third-order valence-corrected chi connectivity index (χ3v) is 4.32. The van der Waals surface area contributed by atoms with Crippen LogP contribution in [0, 0.1) is 5.92 Å². The van der Waals surface area contributed by atoms with Crippen LogP contribution in [0.5, 0.6) is 0 Å². The van der Waals surface area contributed by atoms with Crippen molar-refractivity contribution in [1.82, 2.24) is 10.2 Å². The first-order chi connectivity index (χ1) is 7.93. The van der Waals surface area contributed by atoms with Gasteiger partial charge in [0.1, 0.15) is 0 Å². The lowest BCUT2D eigenvalue weighted by Crippen LogP contribution is -2.44. The summed E-state index contributed by atoms with van der Waals surface area (Å²) in [6, 6.07) is 0.794. The maximum atomic E-state index is 10.1. The maximum absolute atomic E-state index is 10.1. The third-order valence-electron chi connectivity index (χ3n) is 4.32. The molecule has 0 aliphatic heterocycles. The van der Waals surface area contributed by atoms with Gasteiger partial charge in [-0.1, -0.05) is 26.7 Å². The normalized spacial score (nSPS) is 21.4. The SMILES string of the molecule is CC(C)C(C)(O)CNCCN(C)C1CCCC1. The number of aliphatic hydroxyl groups is 1. The summed E-state index contributed by atoms with van der Waals surface area (Å²) < 4.78 is 0. The van der Waals surface area contributed by atoms with Crippen molar-refractivity contribution >= 4 is 0 Å². The van der Waals surface area contributed by atoms with E-state index >= 15 is 0 Å². The van der Waals surface area contributed by atoms with Crippen LogP contribution in [0.1, 0.15) is 46.5 Å². The van der Waals surface area contributed by atoms with Crippen molar-refractivity contribution in [1.29, 1.82) is 0 Å². The highest BCUT2D eigenvalue weighted by molar-refractivity contribution is 4.80. The lowest BCUT2D eigenvalue weighted by Gasteiger charge is -2.29. The lowest BCUT2D eigenvalue weighted by atomic mass is 9.93. The minimum Gasteiger partial charge on any atom is -0.389 e. The molecular weight excluding hydrogens is 212 g/mol. The second kappa shape index (κ2) is 6.72. The molecule has 102 valence electrons. The number of nitrogens with one attached hydrogen (secondary N) is 1. The summed E-state index contributed by atoms with van der Waals surface area (Å²) in [5.41, 5.74) is -0.591. The fraction of sp³-hybridized carbons (Fsp3) is 1.00. The molecule has 0 heterocycles. The van der Waals surface area contributed by atoms with E-state index in [0.29, 0.717) is 12.5 Å². The van der Waals surface area contributed by atoms with Crippen molar-refractivity contribution in [2.45, 2.75) is 58.1 Å². The van der Waals surface area contributed by atoms with Crippen LogP contribution in [-0.2, 0) is 0 Å². The predicted molar refractivity (Wildman–Crippen MR) is 73.2 cm³/mol. The molecule has 1 aliphatic carbocycles. The average Bonchev–Trinajstić information content (AvgIpc) is 2.77. The Morgan fingerprint density at radius 3 is 2.47 bits per heavy atom. The maximum Gasteiger partial charge on any atom is 0.0766 e. The molecule has 3 heteroatoms. The van der Waals surface area contributed by atoms with E-state index in [2.05, 4.69) is 31.1 Å². The standard InChI is InChI=1S/C14H30N2O/c1-12(2)14(3,17)11-15-9-10-16(4)13-7-5-6-8-13/h12-13,15,17H,5-11H2,1-4H3. The van der Waals surface area contributed by atoms with Crippen LogP contribution < -0.4 is 5.32 Å². The molecule has 2 N–H and O–H groups in total. The van der Waals surface area contributed by atoms with Gasteiger partial charge in [-0.25, -0.2) is 0 Å². The van der Waals surface area contributed by atoms with Gasteiger partial charge in [-0.2, -0.15) is 0 Å². The average molecular weight is 242 g/mol. The molecule has 0 radical (unpaired) electrons. The van der Waals surface area contributed by atoms with Crippen molar-refractivity contribution in [3.05, 3.63) is 0 Å². The Kier molecular flexibility index (Phi) is 5.90. The van der Waals surface area contributed by atoms with E-state index in [1.54, 1.807) is 0 Å². The molecule has 1 atom stereocenters. The second-order valence-electron chi connectivity index (χ2n) is 6.11. The molecule has 1 saturated carbocycles. The second-order valence-corrected chi connectivity index (χ2v) is 6.11. The summed E-state index contributed by atoms with van der Waals surface area (Å²) in [6.07, 6.45) is 5.51. The quantitative estimate of drug-likeness (QED) is 0.669. The van der Waals surface area contributed by atoms with Gasteiger partial charge in [-0.05, 0) is 32.7 Å². The van der Waals surface area contributed by atoms with Crippen LogP contribution in [-0.4, -0.2) is 48.3 Å². The zero-order valence-corrected chi connectivity index (χ0v) is 12.0. The topological polar surface area (TPSA) is 35.5 Å². The molecule has 1 fully saturated rings. The molecule has 17 heavy (non-hydrogen) atoms. The first-order valence-corrected chi connectivity index (χ1v) is 7.07. The van der Waals surface area contributed by atoms with Crippen LogP contribution in [0.4, 0.5) is 0 Å². The highest BCUT2D eigenvalue weighted by atomic mass is 16.3. The van der Waals surface area contributed by atoms with Crippen molar-refractivity contribution in [2.75, 3.05) is 26.7 Å². The van der Waals surface area contributed by atoms with Gasteiger partial charge >= 0.3 is 0 Å². The van der Waals surface area contributed by atoms with Gasteiger partial charge < -0.3 is 15.3 Å². The van der Waals surface area contributed by atoms with Crippen LogP contribution >= 0.6 is 0 Å². The lowest BCUT2D eigenvalue weighted by molar-refractivity contribution is 0.0139. The van der Waals surface area contributed by atoms with E-state index in [0.717, 1.165) is 19.1 Å². The van der Waals surface area contributed by atoms with Crippen molar-refractivity contribution in [3.63, 3.8) is 0 Å². The molecule has 1 aliphatic rings. The highest BCUT2D eigenvalue weighted by Crippen LogP contribution is 2.21. The molecule has 0 aromatic rings. The third kappa shape index (κ3) is 4.94. The van der Waals surface area contributed by atoms with E-state index in [-0.39, 0.29) is 0 Å². The minimum atomic E-state index is -0.591. The Bertz CT molecular complexity index is 210. The van der Waals surface area contributed by atoms with E-state index in [1.165, 1.54) is 25.7 Å². The van der Waals surface area contributed by atoms with E-state index < -0.39 is 5.60 Å². The number of nitrogens with zero attached hydrogens (tertiary/aromatic N) is 1. The van der Waals surface area contributed by atoms with Crippen molar-refractivity contribution in [2.24, 2.45) is 5.92 Å². The Hall–Kier alpha value is -0.120. The van der Waals surface area contributed by atoms with Gasteiger partial charge in [-0.3, -0.25) is 0 Å². The van der Waals surface area contributed by atoms with Crippen LogP contribution in [0.15, 0.2) is 0 Å². The summed E-state index contributed by atoms with van der Waals surface area (Å²) >= 11 is 0. The summed E-state index contributed by atoms with van der Waals surface area (Å²) in [7, 11) is 2.22. The molecular formula is C14H30N2O. The Morgan fingerprint density at radius 2 is 1.94 bits per heavy atom. The molecule has 3 nitrogen and oxygen atoms in total. The molecule has 0 aromatic carbocycles. The first kappa shape index (κ1) is 14.9. The summed E-state index contributed by atoms with van der Waals surface area (Å²) in [5, 5.41) is 13.5. The number of hydrogen-bond acceptors (Lipinski definition) is 3. The van der Waals surface area contributed by atoms with Crippen LogP contribution in [0.3, 0.4) is 0 Å². The molecule has 0 amide bonds. The number of rotatable bonds is 7. The molecule has 0 bridgehead atoms. The molecule has 0 saturated heterocycles. The predicted octanol–water partition coefficient (Wildman–Crippen LogP) is 1.86. The van der Waals surface area contributed by atoms with Crippen molar-refractivity contribution in [3.8, 4) is 0 Å². The summed E-state index contributed by atoms with van der Waals surface area (Å²) in [5.74, 6) is 0.294. The first-order valence-electron chi connectivity index (χ1n) is 7.07. The van der Waals surface area contributed by atoms with E-state index in [1.807, 2.05) is 6.92 Å². The van der Waals surface area contributed by atoms with Gasteiger partial charge in [0.2, 0.25) is 0 Å². The monoisotopic (exact) mass is 242 g/mol. The smallest absolute Gasteiger partial charge is 0.0766 e. The van der Waals surface area contributed by atoms with Gasteiger partial charge in [0.05, 0.1) is 5.60 Å². The van der Waals surface area contributed by atoms with Crippen molar-refractivity contribution < 1.29 is 5.11 Å². The van der Waals surface area contributed by atoms with Gasteiger partial charge in [-0.15, -0.1) is 0 Å². The fourth-order valence-electron chi connectivity index (χ4n) is 2.33. The van der Waals surface area contributed by atoms with E-state index in [4.69, 9.17) is 0 Å². The van der Waals surface area contributed by atoms with Crippen LogP contribution in [0.2, 0.25) is 0 Å². The number of hydrogen-bond donors (Lipinski definition) is 2. The molecule has 1 unspecified atom stereocenters. The highest BCUT2D eigenvalue weighted by Gasteiger charge is 2.24. The van der Waals surface area contributed by atoms with Gasteiger partial charge in [0, 0.05) is 25.7 Å².